The summed E-state index contributed by atoms with van der Waals surface area (Å²) >= 11 is 0. The molecule has 31 heavy (non-hydrogen) atoms. The van der Waals surface area contributed by atoms with E-state index in [2.05, 4.69) is 5.32 Å². The third-order valence-electron chi connectivity index (χ3n) is 5.53. The van der Waals surface area contributed by atoms with Crippen LogP contribution >= 0.6 is 0 Å². The van der Waals surface area contributed by atoms with Gasteiger partial charge in [-0.2, -0.15) is 0 Å². The molecular formula is C26H24N2O3. The first kappa shape index (κ1) is 20.4. The molecule has 2 amide bonds. The van der Waals surface area contributed by atoms with E-state index < -0.39 is 0 Å². The number of methoxy groups -OCH3 is 1. The number of ether oxygens (including phenoxy) is 1. The lowest BCUT2D eigenvalue weighted by Gasteiger charge is -2.16. The van der Waals surface area contributed by atoms with Crippen molar-refractivity contribution in [1.29, 1.82) is 0 Å². The molecule has 0 aliphatic carbocycles. The number of aryl methyl sites for hydroxylation is 3. The third-order valence-corrected chi connectivity index (χ3v) is 5.53. The van der Waals surface area contributed by atoms with Gasteiger partial charge in [0, 0.05) is 5.69 Å². The summed E-state index contributed by atoms with van der Waals surface area (Å²) in [5.41, 5.74) is 5.90. The van der Waals surface area contributed by atoms with E-state index in [4.69, 9.17) is 4.74 Å². The minimum Gasteiger partial charge on any atom is -0.497 e. The predicted molar refractivity (Wildman–Crippen MR) is 123 cm³/mol. The Morgan fingerprint density at radius 3 is 2.06 bits per heavy atom. The lowest BCUT2D eigenvalue weighted by molar-refractivity contribution is -0.120. The Kier molecular flexibility index (Phi) is 5.34. The molecule has 0 aromatic heterocycles. The van der Waals surface area contributed by atoms with Crippen LogP contribution < -0.4 is 15.0 Å². The van der Waals surface area contributed by atoms with Gasteiger partial charge in [0.2, 0.25) is 0 Å². The van der Waals surface area contributed by atoms with Crippen molar-refractivity contribution in [1.82, 2.24) is 0 Å². The fraction of sp³-hybridized carbons (Fsp3) is 0.154. The topological polar surface area (TPSA) is 58.6 Å². The Labute approximate surface area is 182 Å². The van der Waals surface area contributed by atoms with Gasteiger partial charge in [0.05, 0.1) is 18.4 Å². The van der Waals surface area contributed by atoms with E-state index in [0.717, 1.165) is 22.4 Å². The van der Waals surface area contributed by atoms with Crippen molar-refractivity contribution in [2.45, 2.75) is 20.8 Å². The minimum absolute atomic E-state index is 0.271. The van der Waals surface area contributed by atoms with Crippen LogP contribution in [0.5, 0.6) is 5.75 Å². The molecule has 5 nitrogen and oxygen atoms in total. The summed E-state index contributed by atoms with van der Waals surface area (Å²) in [6, 6.07) is 20.4. The Morgan fingerprint density at radius 1 is 0.774 bits per heavy atom. The van der Waals surface area contributed by atoms with Crippen LogP contribution in [0.4, 0.5) is 11.4 Å². The number of benzene rings is 3. The molecule has 4 rings (SSSR count). The van der Waals surface area contributed by atoms with E-state index in [1.165, 1.54) is 4.90 Å². The normalized spacial score (nSPS) is 13.7. The molecule has 156 valence electrons. The van der Waals surface area contributed by atoms with Crippen molar-refractivity contribution in [3.63, 3.8) is 0 Å². The molecule has 0 fully saturated rings. The fourth-order valence-electron chi connectivity index (χ4n) is 3.56. The van der Waals surface area contributed by atoms with Crippen LogP contribution in [-0.4, -0.2) is 18.9 Å². The highest BCUT2D eigenvalue weighted by atomic mass is 16.5. The quantitative estimate of drug-likeness (QED) is 0.598. The second kappa shape index (κ2) is 8.11. The van der Waals surface area contributed by atoms with Gasteiger partial charge < -0.3 is 10.1 Å². The predicted octanol–water partition coefficient (Wildman–Crippen LogP) is 5.02. The maximum absolute atomic E-state index is 13.5. The van der Waals surface area contributed by atoms with Gasteiger partial charge in [-0.05, 0) is 73.9 Å². The van der Waals surface area contributed by atoms with Gasteiger partial charge in [0.15, 0.2) is 0 Å². The number of carbonyl (C=O) groups is 2. The maximum atomic E-state index is 13.5. The monoisotopic (exact) mass is 412 g/mol. The molecule has 1 N–H and O–H groups in total. The van der Waals surface area contributed by atoms with Gasteiger partial charge in [-0.1, -0.05) is 35.9 Å². The first-order chi connectivity index (χ1) is 14.9. The van der Waals surface area contributed by atoms with Crippen molar-refractivity contribution in [3.05, 3.63) is 94.7 Å². The summed E-state index contributed by atoms with van der Waals surface area (Å²) in [5, 5.41) is 3.20. The first-order valence-corrected chi connectivity index (χ1v) is 10.1. The average Bonchev–Trinajstić information content (AvgIpc) is 3.01. The lowest BCUT2D eigenvalue weighted by atomic mass is 9.99. The van der Waals surface area contributed by atoms with Crippen LogP contribution in [0.25, 0.3) is 5.57 Å². The van der Waals surface area contributed by atoms with Crippen molar-refractivity contribution in [2.75, 3.05) is 17.3 Å². The van der Waals surface area contributed by atoms with E-state index in [-0.39, 0.29) is 17.5 Å². The van der Waals surface area contributed by atoms with Crippen LogP contribution in [0.1, 0.15) is 22.3 Å². The largest absolute Gasteiger partial charge is 0.497 e. The zero-order chi connectivity index (χ0) is 22.1. The molecule has 0 saturated carbocycles. The van der Waals surface area contributed by atoms with Crippen molar-refractivity contribution < 1.29 is 14.3 Å². The van der Waals surface area contributed by atoms with Crippen molar-refractivity contribution in [3.8, 4) is 5.75 Å². The molecule has 0 saturated heterocycles. The zero-order valence-electron chi connectivity index (χ0n) is 18.0. The van der Waals surface area contributed by atoms with Gasteiger partial charge >= 0.3 is 0 Å². The highest BCUT2D eigenvalue weighted by Crippen LogP contribution is 2.35. The van der Waals surface area contributed by atoms with Crippen molar-refractivity contribution >= 4 is 28.8 Å². The number of carbonyl (C=O) groups excluding carboxylic acids is 2. The minimum atomic E-state index is -0.385. The molecule has 1 aliphatic rings. The Morgan fingerprint density at radius 2 is 1.45 bits per heavy atom. The van der Waals surface area contributed by atoms with Gasteiger partial charge in [0.25, 0.3) is 11.8 Å². The standard InChI is InChI=1S/C26H24N2O3/c1-16-5-9-20(10-6-16)27-24-23(19-8-7-17(2)18(3)15-19)25(29)28(26(24)30)21-11-13-22(31-4)14-12-21/h5-15,27H,1-4H3. The van der Waals surface area contributed by atoms with E-state index in [9.17, 15) is 9.59 Å². The van der Waals surface area contributed by atoms with Gasteiger partial charge in [-0.3, -0.25) is 9.59 Å². The number of nitrogens with zero attached hydrogens (tertiary/aromatic N) is 1. The molecule has 0 spiro atoms. The second-order valence-corrected chi connectivity index (χ2v) is 7.68. The molecule has 0 bridgehead atoms. The number of hydrogen-bond acceptors (Lipinski definition) is 4. The smallest absolute Gasteiger partial charge is 0.282 e. The van der Waals surface area contributed by atoms with Crippen LogP contribution in [0.2, 0.25) is 0 Å². The van der Waals surface area contributed by atoms with Gasteiger partial charge in [-0.15, -0.1) is 0 Å². The van der Waals surface area contributed by atoms with E-state index in [0.29, 0.717) is 22.6 Å². The summed E-state index contributed by atoms with van der Waals surface area (Å²) in [4.78, 5) is 28.1. The zero-order valence-corrected chi connectivity index (χ0v) is 18.0. The maximum Gasteiger partial charge on any atom is 0.282 e. The Hall–Kier alpha value is -3.86. The molecule has 0 atom stereocenters. The molecule has 3 aromatic rings. The summed E-state index contributed by atoms with van der Waals surface area (Å²) in [7, 11) is 1.57. The van der Waals surface area contributed by atoms with E-state index >= 15 is 0 Å². The van der Waals surface area contributed by atoms with Gasteiger partial charge in [0.1, 0.15) is 11.4 Å². The highest BCUT2D eigenvalue weighted by Gasteiger charge is 2.40. The number of rotatable bonds is 5. The molecule has 1 heterocycles. The highest BCUT2D eigenvalue weighted by molar-refractivity contribution is 6.46. The second-order valence-electron chi connectivity index (χ2n) is 7.68. The summed E-state index contributed by atoms with van der Waals surface area (Å²) in [6.45, 7) is 6.01. The Balaban J connectivity index is 1.81. The van der Waals surface area contributed by atoms with Crippen LogP contribution in [0.3, 0.4) is 0 Å². The first-order valence-electron chi connectivity index (χ1n) is 10.1. The third kappa shape index (κ3) is 3.82. The Bertz CT molecular complexity index is 1190. The fourth-order valence-corrected chi connectivity index (χ4v) is 3.56. The number of anilines is 2. The molecule has 0 radical (unpaired) electrons. The molecule has 0 unspecified atom stereocenters. The molecule has 1 aliphatic heterocycles. The number of amides is 2. The van der Waals surface area contributed by atoms with E-state index in [1.54, 1.807) is 31.4 Å². The number of imide groups is 1. The SMILES string of the molecule is COc1ccc(N2C(=O)C(Nc3ccc(C)cc3)=C(c3ccc(C)c(C)c3)C2=O)cc1. The van der Waals surface area contributed by atoms with Crippen molar-refractivity contribution in [2.24, 2.45) is 0 Å². The van der Waals surface area contributed by atoms with E-state index in [1.807, 2.05) is 63.2 Å². The summed E-state index contributed by atoms with van der Waals surface area (Å²) < 4.78 is 5.20. The molecule has 5 heteroatoms. The number of hydrogen-bond donors (Lipinski definition) is 1. The summed E-state index contributed by atoms with van der Waals surface area (Å²) in [6.07, 6.45) is 0. The summed E-state index contributed by atoms with van der Waals surface area (Å²) in [5.74, 6) is -0.0832. The van der Waals surface area contributed by atoms with Crippen LogP contribution in [0, 0.1) is 20.8 Å². The van der Waals surface area contributed by atoms with Gasteiger partial charge in [-0.25, -0.2) is 4.90 Å². The average molecular weight is 412 g/mol. The molecular weight excluding hydrogens is 388 g/mol. The van der Waals surface area contributed by atoms with Crippen LogP contribution in [0.15, 0.2) is 72.4 Å². The molecule has 3 aromatic carbocycles. The number of nitrogens with one attached hydrogen (secondary N) is 1. The van der Waals surface area contributed by atoms with Crippen LogP contribution in [-0.2, 0) is 9.59 Å². The lowest BCUT2D eigenvalue weighted by Crippen LogP contribution is -2.32.